The summed E-state index contributed by atoms with van der Waals surface area (Å²) in [5, 5.41) is 14.4. The van der Waals surface area contributed by atoms with Gasteiger partial charge in [-0.05, 0) is 29.8 Å². The van der Waals surface area contributed by atoms with Crippen LogP contribution in [0, 0.1) is 5.82 Å². The molecule has 0 saturated heterocycles. The van der Waals surface area contributed by atoms with Crippen molar-refractivity contribution in [2.75, 3.05) is 20.6 Å². The first-order chi connectivity index (χ1) is 12.6. The van der Waals surface area contributed by atoms with Crippen molar-refractivity contribution in [2.24, 2.45) is 4.99 Å². The van der Waals surface area contributed by atoms with E-state index in [-0.39, 0.29) is 36.3 Å². The molecular weight excluding hydrogens is 460 g/mol. The highest BCUT2D eigenvalue weighted by Crippen LogP contribution is 2.20. The lowest BCUT2D eigenvalue weighted by atomic mass is 10.1. The molecule has 0 aliphatic heterocycles. The largest absolute Gasteiger partial charge is 0.459 e. The van der Waals surface area contributed by atoms with Crippen LogP contribution in [0.1, 0.15) is 17.4 Å². The number of hydrogen-bond acceptors (Lipinski definition) is 3. The van der Waals surface area contributed by atoms with Crippen LogP contribution in [0.3, 0.4) is 0 Å². The minimum Gasteiger partial charge on any atom is -0.459 e. The minimum atomic E-state index is -0.831. The summed E-state index contributed by atoms with van der Waals surface area (Å²) in [7, 11) is 3.56. The number of rotatable bonds is 5. The average Bonchev–Trinajstić information content (AvgIpc) is 3.04. The molecule has 0 radical (unpaired) electrons. The molecule has 3 aromatic rings. The number of aliphatic hydroxyl groups excluding tert-OH is 1. The average molecular weight is 483 g/mol. The molecule has 0 aliphatic carbocycles. The van der Waals surface area contributed by atoms with Crippen LogP contribution in [0.5, 0.6) is 0 Å². The summed E-state index contributed by atoms with van der Waals surface area (Å²) < 4.78 is 19.1. The van der Waals surface area contributed by atoms with Crippen molar-refractivity contribution in [2.45, 2.75) is 12.6 Å². The van der Waals surface area contributed by atoms with Gasteiger partial charge in [0.25, 0.3) is 0 Å². The highest BCUT2D eigenvalue weighted by atomic mass is 127. The van der Waals surface area contributed by atoms with Gasteiger partial charge in [-0.1, -0.05) is 30.3 Å². The van der Waals surface area contributed by atoms with Crippen molar-refractivity contribution in [3.63, 3.8) is 0 Å². The fourth-order valence-corrected chi connectivity index (χ4v) is 2.83. The highest BCUT2D eigenvalue weighted by molar-refractivity contribution is 14.0. The number of furan rings is 1. The molecule has 5 nitrogen and oxygen atoms in total. The van der Waals surface area contributed by atoms with Crippen LogP contribution < -0.4 is 5.32 Å². The first-order valence-corrected chi connectivity index (χ1v) is 8.39. The second kappa shape index (κ2) is 9.70. The summed E-state index contributed by atoms with van der Waals surface area (Å²) >= 11 is 0. The van der Waals surface area contributed by atoms with Gasteiger partial charge in [-0.25, -0.2) is 4.39 Å². The third-order valence-electron chi connectivity index (χ3n) is 4.13. The third-order valence-corrected chi connectivity index (χ3v) is 4.13. The van der Waals surface area contributed by atoms with Crippen molar-refractivity contribution >= 4 is 40.9 Å². The summed E-state index contributed by atoms with van der Waals surface area (Å²) in [5.74, 6) is 1.07. The van der Waals surface area contributed by atoms with Gasteiger partial charge in [-0.15, -0.1) is 24.0 Å². The van der Waals surface area contributed by atoms with Crippen LogP contribution in [-0.2, 0) is 6.54 Å². The number of nitrogens with one attached hydrogen (secondary N) is 1. The molecule has 2 aromatic carbocycles. The van der Waals surface area contributed by atoms with E-state index >= 15 is 0 Å². The van der Waals surface area contributed by atoms with Gasteiger partial charge in [0.05, 0.1) is 12.6 Å². The zero-order chi connectivity index (χ0) is 18.5. The lowest BCUT2D eigenvalue weighted by Crippen LogP contribution is -2.40. The molecule has 3 rings (SSSR count). The molecule has 2 N–H and O–H groups in total. The zero-order valence-electron chi connectivity index (χ0n) is 15.2. The molecule has 1 unspecified atom stereocenters. The summed E-state index contributed by atoms with van der Waals surface area (Å²) in [6.07, 6.45) is -0.831. The molecule has 1 atom stereocenters. The fraction of sp³-hybridized carbons (Fsp3) is 0.250. The van der Waals surface area contributed by atoms with E-state index < -0.39 is 6.10 Å². The molecule has 0 amide bonds. The molecular formula is C20H23FIN3O2. The number of guanidine groups is 1. The van der Waals surface area contributed by atoms with E-state index in [1.54, 1.807) is 19.2 Å². The van der Waals surface area contributed by atoms with E-state index in [0.29, 0.717) is 18.1 Å². The van der Waals surface area contributed by atoms with E-state index in [9.17, 15) is 9.50 Å². The molecule has 0 spiro atoms. The van der Waals surface area contributed by atoms with E-state index in [0.717, 1.165) is 16.7 Å². The van der Waals surface area contributed by atoms with Crippen molar-refractivity contribution < 1.29 is 13.9 Å². The maximum absolute atomic E-state index is 13.3. The predicted molar refractivity (Wildman–Crippen MR) is 116 cm³/mol. The van der Waals surface area contributed by atoms with Crippen molar-refractivity contribution in [3.8, 4) is 0 Å². The lowest BCUT2D eigenvalue weighted by Gasteiger charge is -2.22. The Kier molecular flexibility index (Phi) is 7.61. The summed E-state index contributed by atoms with van der Waals surface area (Å²) in [4.78, 5) is 6.12. The number of aliphatic imine (C=N–C) groups is 1. The minimum absolute atomic E-state index is 0. The Balaban J connectivity index is 0.00000261. The van der Waals surface area contributed by atoms with Gasteiger partial charge in [0.2, 0.25) is 0 Å². The Hall–Kier alpha value is -2.13. The Morgan fingerprint density at radius 2 is 2.00 bits per heavy atom. The molecule has 7 heteroatoms. The summed E-state index contributed by atoms with van der Waals surface area (Å²) in [6, 6.07) is 15.8. The van der Waals surface area contributed by atoms with E-state index in [1.807, 2.05) is 42.3 Å². The number of fused-ring (bicyclic) bond motifs is 1. The van der Waals surface area contributed by atoms with E-state index in [2.05, 4.69) is 10.3 Å². The SMILES string of the molecule is CN=C(NCC(O)c1cccc(F)c1)N(C)Cc1cc2ccccc2o1.I. The van der Waals surface area contributed by atoms with Gasteiger partial charge in [0.15, 0.2) is 5.96 Å². The van der Waals surface area contributed by atoms with Gasteiger partial charge in [-0.2, -0.15) is 0 Å². The maximum atomic E-state index is 13.3. The number of hydrogen-bond donors (Lipinski definition) is 2. The number of benzene rings is 2. The van der Waals surface area contributed by atoms with Crippen LogP contribution >= 0.6 is 24.0 Å². The van der Waals surface area contributed by atoms with Gasteiger partial charge >= 0.3 is 0 Å². The second-order valence-electron chi connectivity index (χ2n) is 6.11. The van der Waals surface area contributed by atoms with Gasteiger partial charge < -0.3 is 19.7 Å². The standard InChI is InChI=1S/C20H22FN3O2.HI/c1-22-20(23-12-18(25)14-7-5-8-16(21)10-14)24(2)13-17-11-15-6-3-4-9-19(15)26-17;/h3-11,18,25H,12-13H2,1-2H3,(H,22,23);1H. The molecule has 0 saturated carbocycles. The highest BCUT2D eigenvalue weighted by Gasteiger charge is 2.13. The van der Waals surface area contributed by atoms with Crippen LogP contribution in [0.25, 0.3) is 11.0 Å². The Morgan fingerprint density at radius 1 is 1.22 bits per heavy atom. The van der Waals surface area contributed by atoms with Crippen molar-refractivity contribution in [1.82, 2.24) is 10.2 Å². The Labute approximate surface area is 174 Å². The fourth-order valence-electron chi connectivity index (χ4n) is 2.83. The smallest absolute Gasteiger partial charge is 0.193 e. The summed E-state index contributed by atoms with van der Waals surface area (Å²) in [5.41, 5.74) is 1.37. The number of para-hydroxylation sites is 1. The molecule has 1 aromatic heterocycles. The van der Waals surface area contributed by atoms with Crippen molar-refractivity contribution in [3.05, 3.63) is 71.7 Å². The molecule has 0 fully saturated rings. The molecule has 0 bridgehead atoms. The van der Waals surface area contributed by atoms with Crippen LogP contribution in [0.2, 0.25) is 0 Å². The first-order valence-electron chi connectivity index (χ1n) is 8.39. The van der Waals surface area contributed by atoms with Crippen LogP contribution in [0.4, 0.5) is 4.39 Å². The van der Waals surface area contributed by atoms with Gasteiger partial charge in [0, 0.05) is 26.0 Å². The lowest BCUT2D eigenvalue weighted by molar-refractivity contribution is 0.179. The Morgan fingerprint density at radius 3 is 2.70 bits per heavy atom. The zero-order valence-corrected chi connectivity index (χ0v) is 17.6. The second-order valence-corrected chi connectivity index (χ2v) is 6.11. The van der Waals surface area contributed by atoms with Gasteiger partial charge in [0.1, 0.15) is 17.2 Å². The third kappa shape index (κ3) is 5.43. The molecule has 27 heavy (non-hydrogen) atoms. The molecule has 0 aliphatic rings. The quantitative estimate of drug-likeness (QED) is 0.328. The van der Waals surface area contributed by atoms with E-state index in [1.165, 1.54) is 12.1 Å². The van der Waals surface area contributed by atoms with Crippen molar-refractivity contribution in [1.29, 1.82) is 0 Å². The number of aliphatic hydroxyl groups is 1. The Bertz CT molecular complexity index is 880. The van der Waals surface area contributed by atoms with Crippen LogP contribution in [-0.4, -0.2) is 36.6 Å². The summed E-state index contributed by atoms with van der Waals surface area (Å²) in [6.45, 7) is 0.755. The first kappa shape index (κ1) is 21.2. The number of nitrogens with zero attached hydrogens (tertiary/aromatic N) is 2. The normalized spacial score (nSPS) is 12.5. The monoisotopic (exact) mass is 483 g/mol. The molecule has 144 valence electrons. The van der Waals surface area contributed by atoms with E-state index in [4.69, 9.17) is 4.42 Å². The number of halogens is 2. The topological polar surface area (TPSA) is 61.0 Å². The maximum Gasteiger partial charge on any atom is 0.193 e. The van der Waals surface area contributed by atoms with Gasteiger partial charge in [-0.3, -0.25) is 4.99 Å². The van der Waals surface area contributed by atoms with Crippen LogP contribution in [0.15, 0.2) is 64.0 Å². The predicted octanol–water partition coefficient (Wildman–Crippen LogP) is 3.93. The molecule has 1 heterocycles.